The summed E-state index contributed by atoms with van der Waals surface area (Å²) < 4.78 is 22.2. The monoisotopic (exact) mass is 863 g/mol. The lowest BCUT2D eigenvalue weighted by Gasteiger charge is -2.30. The summed E-state index contributed by atoms with van der Waals surface area (Å²) in [4.78, 5) is 0. The van der Waals surface area contributed by atoms with Gasteiger partial charge in [-0.2, -0.15) is 0 Å². The van der Waals surface area contributed by atoms with E-state index in [-0.39, 0.29) is 43.3 Å². The molecule has 340 valence electrons. The number of rotatable bonds is 4. The van der Waals surface area contributed by atoms with Crippen molar-refractivity contribution < 1.29 is 18.0 Å². The molecule has 0 radical (unpaired) electrons. The van der Waals surface area contributed by atoms with Crippen molar-refractivity contribution in [2.24, 2.45) is 0 Å². The van der Waals surface area contributed by atoms with Gasteiger partial charge in [0, 0.05) is 39.4 Å². The second kappa shape index (κ2) is 15.8. The first kappa shape index (κ1) is 49.4. The van der Waals surface area contributed by atoms with E-state index in [2.05, 4.69) is 215 Å². The predicted molar refractivity (Wildman–Crippen MR) is 269 cm³/mol. The van der Waals surface area contributed by atoms with E-state index in [1.54, 1.807) is 0 Å². The molecule has 5 rings (SSSR count). The molecule has 62 heavy (non-hydrogen) atoms. The SMILES string of the molecule is CC(C)(C)c1cc(Cc2cc(C(C)(C)C)cc(C(C)(C)C)c2Op2oc3c(C(C)(C)C)cc(C(C)(C)C)cc3c3cc(C(C)(C)C)cc(C(C)(C)C)c3o2)c(O)c(C(C)(C)C)c1. The summed E-state index contributed by atoms with van der Waals surface area (Å²) in [6.07, 6.45) is 0.474. The molecule has 0 bridgehead atoms. The molecule has 0 unspecified atom stereocenters. The summed E-state index contributed by atoms with van der Waals surface area (Å²) in [5.74, 6) is 1.10. The van der Waals surface area contributed by atoms with Gasteiger partial charge in [0.05, 0.1) is 0 Å². The minimum absolute atomic E-state index is 0.105. The standard InChI is InChI=1S/C57H83O4P/c1-50(2,3)36-26-34(46(58)42(30-36)54(13,14)15)25-35-27-37(51(4,5)6)31-43(55(16,17)18)47(35)59-62-60-48-40(28-38(52(7,8)9)32-44(48)56(19,20)21)41-29-39(53(10,11)12)33-45(49(41)61-62)57(22,23)24/h26-33,58H,25H2,1-24H3. The van der Waals surface area contributed by atoms with Gasteiger partial charge in [-0.1, -0.05) is 203 Å². The highest BCUT2D eigenvalue weighted by Crippen LogP contribution is 2.50. The Bertz CT molecular complexity index is 2430. The number of hydrogen-bond acceptors (Lipinski definition) is 4. The quantitative estimate of drug-likeness (QED) is 0.196. The van der Waals surface area contributed by atoms with Crippen LogP contribution >= 0.6 is 8.24 Å². The van der Waals surface area contributed by atoms with Crippen molar-refractivity contribution in [1.82, 2.24) is 0 Å². The maximum Gasteiger partial charge on any atom is 0.453 e. The summed E-state index contributed by atoms with van der Waals surface area (Å²) in [6.45, 7) is 54.2. The van der Waals surface area contributed by atoms with Gasteiger partial charge >= 0.3 is 8.24 Å². The van der Waals surface area contributed by atoms with Gasteiger partial charge in [0.1, 0.15) is 22.7 Å². The molecule has 0 spiro atoms. The Balaban J connectivity index is 2.03. The Kier molecular flexibility index (Phi) is 12.6. The van der Waals surface area contributed by atoms with Crippen LogP contribution in [0, 0.1) is 0 Å². The van der Waals surface area contributed by atoms with Gasteiger partial charge in [-0.05, 0) is 88.8 Å². The van der Waals surface area contributed by atoms with E-state index in [1.807, 2.05) is 0 Å². The molecule has 5 aromatic rings. The molecule has 0 aliphatic rings. The van der Waals surface area contributed by atoms with Crippen LogP contribution in [-0.2, 0) is 49.7 Å². The normalized spacial score (nSPS) is 13.9. The van der Waals surface area contributed by atoms with Crippen molar-refractivity contribution in [1.29, 1.82) is 0 Å². The topological polar surface area (TPSA) is 55.7 Å². The Morgan fingerprint density at radius 3 is 1.03 bits per heavy atom. The number of aromatic hydroxyl groups is 1. The summed E-state index contributed by atoms with van der Waals surface area (Å²) >= 11 is 0. The molecule has 0 atom stereocenters. The van der Waals surface area contributed by atoms with Crippen LogP contribution in [0.5, 0.6) is 11.5 Å². The highest BCUT2D eigenvalue weighted by Gasteiger charge is 2.33. The molecule has 0 aliphatic heterocycles. The molecular formula is C57H83O4P. The maximum atomic E-state index is 12.2. The summed E-state index contributed by atoms with van der Waals surface area (Å²) in [5.41, 5.74) is 11.2. The van der Waals surface area contributed by atoms with Gasteiger partial charge in [0.2, 0.25) is 0 Å². The third kappa shape index (κ3) is 10.5. The minimum Gasteiger partial charge on any atom is -0.507 e. The molecule has 4 nitrogen and oxygen atoms in total. The van der Waals surface area contributed by atoms with Crippen molar-refractivity contribution in [2.45, 2.75) is 216 Å². The fraction of sp³-hybridized carbons (Fsp3) is 0.579. The van der Waals surface area contributed by atoms with Crippen molar-refractivity contribution >= 4 is 30.2 Å². The van der Waals surface area contributed by atoms with Gasteiger partial charge in [-0.15, -0.1) is 0 Å². The Hall–Kier alpha value is -3.62. The molecule has 0 saturated carbocycles. The van der Waals surface area contributed by atoms with Crippen LogP contribution in [-0.4, -0.2) is 5.11 Å². The maximum absolute atomic E-state index is 12.2. The van der Waals surface area contributed by atoms with Crippen LogP contribution in [0.3, 0.4) is 0 Å². The lowest BCUT2D eigenvalue weighted by molar-refractivity contribution is 0.438. The number of benzene rings is 4. The third-order valence-electron chi connectivity index (χ3n) is 12.4. The van der Waals surface area contributed by atoms with E-state index in [9.17, 15) is 5.11 Å². The van der Waals surface area contributed by atoms with Gasteiger partial charge in [0.15, 0.2) is 0 Å². The van der Waals surface area contributed by atoms with Crippen molar-refractivity contribution in [2.75, 3.05) is 0 Å². The largest absolute Gasteiger partial charge is 0.507 e. The Morgan fingerprint density at radius 2 is 0.694 bits per heavy atom. The van der Waals surface area contributed by atoms with Crippen LogP contribution in [0.25, 0.3) is 21.9 Å². The van der Waals surface area contributed by atoms with Gasteiger partial charge in [-0.3, -0.25) is 0 Å². The zero-order chi connectivity index (χ0) is 47.3. The number of fused-ring (bicyclic) bond motifs is 3. The fourth-order valence-electron chi connectivity index (χ4n) is 8.07. The smallest absolute Gasteiger partial charge is 0.453 e. The molecule has 5 heteroatoms. The Labute approximate surface area is 378 Å². The third-order valence-corrected chi connectivity index (χ3v) is 13.4. The van der Waals surface area contributed by atoms with E-state index in [0.29, 0.717) is 12.2 Å². The van der Waals surface area contributed by atoms with E-state index in [4.69, 9.17) is 12.9 Å². The first-order chi connectivity index (χ1) is 27.7. The average molecular weight is 863 g/mol. The van der Waals surface area contributed by atoms with Gasteiger partial charge in [-0.25, -0.2) is 0 Å². The molecular weight excluding hydrogens is 780 g/mol. The lowest BCUT2D eigenvalue weighted by atomic mass is 9.76. The zero-order valence-corrected chi connectivity index (χ0v) is 44.3. The summed E-state index contributed by atoms with van der Waals surface area (Å²) in [7, 11) is -2.06. The van der Waals surface area contributed by atoms with Gasteiger partial charge < -0.3 is 18.0 Å². The van der Waals surface area contributed by atoms with Crippen molar-refractivity contribution in [3.8, 4) is 11.5 Å². The van der Waals surface area contributed by atoms with Crippen LogP contribution in [0.4, 0.5) is 0 Å². The van der Waals surface area contributed by atoms with E-state index < -0.39 is 8.24 Å². The van der Waals surface area contributed by atoms with Crippen molar-refractivity contribution in [3.63, 3.8) is 0 Å². The van der Waals surface area contributed by atoms with Gasteiger partial charge in [0.25, 0.3) is 0 Å². The first-order valence-corrected chi connectivity index (χ1v) is 24.1. The summed E-state index contributed by atoms with van der Waals surface area (Å²) in [5, 5.41) is 14.3. The molecule has 0 saturated heterocycles. The van der Waals surface area contributed by atoms with Crippen LogP contribution < -0.4 is 4.52 Å². The number of phenolic OH excluding ortho intramolecular Hbond substituents is 1. The van der Waals surface area contributed by atoms with Crippen LogP contribution in [0.15, 0.2) is 56.9 Å². The fourth-order valence-corrected chi connectivity index (χ4v) is 9.24. The second-order valence-electron chi connectivity index (χ2n) is 26.5. The van der Waals surface area contributed by atoms with E-state index in [1.165, 1.54) is 22.3 Å². The van der Waals surface area contributed by atoms with Crippen LogP contribution in [0.1, 0.15) is 222 Å². The van der Waals surface area contributed by atoms with E-state index >= 15 is 0 Å². The predicted octanol–water partition coefficient (Wildman–Crippen LogP) is 17.8. The lowest BCUT2D eigenvalue weighted by Crippen LogP contribution is -2.19. The highest BCUT2D eigenvalue weighted by atomic mass is 31.1. The molecule has 0 fully saturated rings. The molecule has 4 aromatic carbocycles. The molecule has 1 heterocycles. The summed E-state index contributed by atoms with van der Waals surface area (Å²) in [6, 6.07) is 18.4. The molecule has 1 aromatic heterocycles. The first-order valence-electron chi connectivity index (χ1n) is 23.0. The number of phenols is 1. The zero-order valence-electron chi connectivity index (χ0n) is 43.4. The number of hydrogen-bond donors (Lipinski definition) is 1. The van der Waals surface area contributed by atoms with E-state index in [0.717, 1.165) is 61.1 Å². The molecule has 0 aliphatic carbocycles. The van der Waals surface area contributed by atoms with Crippen LogP contribution in [0.2, 0.25) is 0 Å². The Morgan fingerprint density at radius 1 is 0.387 bits per heavy atom. The molecule has 0 amide bonds. The second-order valence-corrected chi connectivity index (χ2v) is 27.5. The minimum atomic E-state index is -2.06. The highest BCUT2D eigenvalue weighted by molar-refractivity contribution is 7.32. The average Bonchev–Trinajstić information content (AvgIpc) is 3.21. The van der Waals surface area contributed by atoms with Crippen molar-refractivity contribution in [3.05, 3.63) is 104 Å². The molecule has 1 N–H and O–H groups in total.